The molecule has 0 amide bonds. The van der Waals surface area contributed by atoms with Crippen molar-refractivity contribution in [2.75, 3.05) is 9.80 Å². The Kier molecular flexibility index (Phi) is 7.51. The lowest BCUT2D eigenvalue weighted by Gasteiger charge is -2.46. The van der Waals surface area contributed by atoms with Crippen molar-refractivity contribution in [1.29, 1.82) is 0 Å². The number of benzene rings is 6. The highest BCUT2D eigenvalue weighted by Gasteiger charge is 2.48. The van der Waals surface area contributed by atoms with Crippen LogP contribution in [0.2, 0.25) is 0 Å². The highest BCUT2D eigenvalue weighted by molar-refractivity contribution is 7.00. The first-order valence-corrected chi connectivity index (χ1v) is 21.2. The molecule has 0 unspecified atom stereocenters. The Labute approximate surface area is 342 Å². The quantitative estimate of drug-likeness (QED) is 0.163. The van der Waals surface area contributed by atoms with Crippen LogP contribution in [0.4, 0.5) is 34.1 Å². The zero-order valence-electron chi connectivity index (χ0n) is 36.2. The van der Waals surface area contributed by atoms with Gasteiger partial charge in [-0.25, -0.2) is 0 Å². The van der Waals surface area contributed by atoms with Gasteiger partial charge in [0.25, 0.3) is 6.71 Å². The van der Waals surface area contributed by atoms with Crippen LogP contribution in [0, 0.1) is 13.8 Å². The van der Waals surface area contributed by atoms with Gasteiger partial charge in [-0.1, -0.05) is 136 Å². The number of anilines is 6. The summed E-state index contributed by atoms with van der Waals surface area (Å²) >= 11 is 0. The normalized spacial score (nSPS) is 16.8. The van der Waals surface area contributed by atoms with E-state index in [0.717, 1.165) is 12.8 Å². The van der Waals surface area contributed by atoms with Gasteiger partial charge in [-0.2, -0.15) is 0 Å². The second-order valence-electron chi connectivity index (χ2n) is 21.1. The number of rotatable bonds is 2. The first-order valence-electron chi connectivity index (χ1n) is 21.2. The molecule has 0 N–H and O–H groups in total. The van der Waals surface area contributed by atoms with Crippen molar-refractivity contribution in [1.82, 2.24) is 0 Å². The molecule has 6 aromatic rings. The Morgan fingerprint density at radius 3 is 1.77 bits per heavy atom. The van der Waals surface area contributed by atoms with Crippen LogP contribution in [0.25, 0.3) is 11.1 Å². The van der Waals surface area contributed by atoms with Crippen molar-refractivity contribution in [3.8, 4) is 11.1 Å². The molecule has 2 aliphatic carbocycles. The molecule has 0 saturated carbocycles. The first kappa shape index (κ1) is 36.3. The molecular formula is C54H57BN2. The molecule has 10 rings (SSSR count). The molecule has 57 heavy (non-hydrogen) atoms. The molecule has 286 valence electrons. The summed E-state index contributed by atoms with van der Waals surface area (Å²) in [6.07, 6.45) is 2.11. The molecule has 0 spiro atoms. The molecule has 0 aromatic heterocycles. The van der Waals surface area contributed by atoms with Gasteiger partial charge in [0.2, 0.25) is 0 Å². The average molecular weight is 745 g/mol. The van der Waals surface area contributed by atoms with Crippen molar-refractivity contribution < 1.29 is 0 Å². The third-order valence-corrected chi connectivity index (χ3v) is 13.9. The summed E-state index contributed by atoms with van der Waals surface area (Å²) in [6, 6.07) is 40.9. The molecule has 0 fully saturated rings. The van der Waals surface area contributed by atoms with E-state index in [9.17, 15) is 0 Å². The Bertz CT molecular complexity index is 2700. The minimum Gasteiger partial charge on any atom is -0.311 e. The van der Waals surface area contributed by atoms with Crippen molar-refractivity contribution in [2.24, 2.45) is 0 Å². The summed E-state index contributed by atoms with van der Waals surface area (Å²) in [5, 5.41) is 0. The molecule has 2 heterocycles. The van der Waals surface area contributed by atoms with Crippen LogP contribution in [0.3, 0.4) is 0 Å². The fraction of sp³-hybridized carbons (Fsp3) is 0.333. The first-order chi connectivity index (χ1) is 26.8. The summed E-state index contributed by atoms with van der Waals surface area (Å²) in [5.74, 6) is 0. The summed E-state index contributed by atoms with van der Waals surface area (Å²) < 4.78 is 0. The van der Waals surface area contributed by atoms with E-state index < -0.39 is 0 Å². The van der Waals surface area contributed by atoms with Crippen LogP contribution in [-0.4, -0.2) is 6.71 Å². The van der Waals surface area contributed by atoms with Gasteiger partial charge < -0.3 is 9.80 Å². The van der Waals surface area contributed by atoms with Gasteiger partial charge in [-0.05, 0) is 151 Å². The predicted molar refractivity (Wildman–Crippen MR) is 246 cm³/mol. The summed E-state index contributed by atoms with van der Waals surface area (Å²) in [4.78, 5) is 5.30. The lowest BCUT2D eigenvalue weighted by molar-refractivity contribution is 0.403. The number of fused-ring (bicyclic) bond motifs is 8. The molecular weight excluding hydrogens is 687 g/mol. The minimum absolute atomic E-state index is 0.00255. The summed E-state index contributed by atoms with van der Waals surface area (Å²) in [6.45, 7) is 28.6. The van der Waals surface area contributed by atoms with Crippen molar-refractivity contribution in [3.05, 3.63) is 148 Å². The van der Waals surface area contributed by atoms with E-state index in [1.54, 1.807) is 0 Å². The topological polar surface area (TPSA) is 6.48 Å². The lowest BCUT2D eigenvalue weighted by Crippen LogP contribution is -2.61. The second-order valence-corrected chi connectivity index (χ2v) is 21.1. The number of hydrogen-bond donors (Lipinski definition) is 0. The maximum absolute atomic E-state index is 2.66. The zero-order valence-corrected chi connectivity index (χ0v) is 36.2. The van der Waals surface area contributed by atoms with Crippen molar-refractivity contribution in [2.45, 2.75) is 118 Å². The molecule has 3 heteroatoms. The van der Waals surface area contributed by atoms with Gasteiger partial charge >= 0.3 is 0 Å². The van der Waals surface area contributed by atoms with E-state index in [1.807, 2.05) is 0 Å². The Balaban J connectivity index is 1.33. The van der Waals surface area contributed by atoms with Crippen LogP contribution < -0.4 is 26.2 Å². The van der Waals surface area contributed by atoms with Crippen LogP contribution in [0.15, 0.2) is 103 Å². The Morgan fingerprint density at radius 1 is 0.526 bits per heavy atom. The van der Waals surface area contributed by atoms with Gasteiger partial charge in [-0.15, -0.1) is 0 Å². The SMILES string of the molecule is Cc1cc2c3c(c1)N(c1cccc4c1-c1ccccc1C4)c1ccc(C(C)(C)C)cc1B3c1cc3c(cc1N2c1ccc(C(C)(C)C)cc1C)C(C)(C)CC3(C)C. The van der Waals surface area contributed by atoms with Gasteiger partial charge in [0.15, 0.2) is 0 Å². The van der Waals surface area contributed by atoms with E-state index in [-0.39, 0.29) is 28.4 Å². The fourth-order valence-corrected chi connectivity index (χ4v) is 11.3. The number of aryl methyl sites for hydroxylation is 2. The van der Waals surface area contributed by atoms with E-state index >= 15 is 0 Å². The third-order valence-electron chi connectivity index (χ3n) is 13.9. The van der Waals surface area contributed by atoms with Crippen LogP contribution in [-0.2, 0) is 28.1 Å². The van der Waals surface area contributed by atoms with E-state index in [2.05, 4.69) is 196 Å². The maximum Gasteiger partial charge on any atom is 0.252 e. The molecule has 0 saturated heterocycles. The zero-order chi connectivity index (χ0) is 40.1. The predicted octanol–water partition coefficient (Wildman–Crippen LogP) is 12.5. The molecule has 4 aliphatic rings. The van der Waals surface area contributed by atoms with Crippen LogP contribution >= 0.6 is 0 Å². The lowest BCUT2D eigenvalue weighted by atomic mass is 9.33. The summed E-state index contributed by atoms with van der Waals surface area (Å²) in [5.41, 5.74) is 26.1. The van der Waals surface area contributed by atoms with Crippen molar-refractivity contribution >= 4 is 57.2 Å². The standard InChI is InChI=1S/C54H57BN2/c1-32-24-47-50-48(25-32)57(45-19-15-17-35-27-34-16-13-14-18-38(34)49(35)45)44-23-21-37(52(6,7)8)28-41(44)55(50)42-29-39-40(54(11,12)31-53(39,9)10)30-46(42)56(47)43-22-20-36(26-33(43)2)51(3,4)5/h13-26,28-30H,27,31H2,1-12H3. The van der Waals surface area contributed by atoms with Crippen LogP contribution in [0.1, 0.15) is 120 Å². The summed E-state index contributed by atoms with van der Waals surface area (Å²) in [7, 11) is 0. The fourth-order valence-electron chi connectivity index (χ4n) is 11.3. The average Bonchev–Trinajstić information content (AvgIpc) is 3.60. The van der Waals surface area contributed by atoms with E-state index in [1.165, 1.54) is 106 Å². The van der Waals surface area contributed by atoms with E-state index in [0.29, 0.717) is 0 Å². The van der Waals surface area contributed by atoms with Crippen molar-refractivity contribution in [3.63, 3.8) is 0 Å². The minimum atomic E-state index is 0.00255. The molecule has 0 radical (unpaired) electrons. The van der Waals surface area contributed by atoms with Gasteiger partial charge in [-0.3, -0.25) is 0 Å². The van der Waals surface area contributed by atoms with Gasteiger partial charge in [0.1, 0.15) is 0 Å². The second kappa shape index (κ2) is 11.8. The smallest absolute Gasteiger partial charge is 0.252 e. The third kappa shape index (κ3) is 5.30. The Morgan fingerprint density at radius 2 is 1.11 bits per heavy atom. The van der Waals surface area contributed by atoms with Gasteiger partial charge in [0.05, 0.1) is 5.69 Å². The largest absolute Gasteiger partial charge is 0.311 e. The maximum atomic E-state index is 2.66. The van der Waals surface area contributed by atoms with E-state index in [4.69, 9.17) is 0 Å². The molecule has 0 bridgehead atoms. The highest BCUT2D eigenvalue weighted by atomic mass is 15.2. The monoisotopic (exact) mass is 744 g/mol. The molecule has 2 aliphatic heterocycles. The number of hydrogen-bond acceptors (Lipinski definition) is 2. The van der Waals surface area contributed by atoms with Crippen LogP contribution in [0.5, 0.6) is 0 Å². The number of nitrogens with zero attached hydrogens (tertiary/aromatic N) is 2. The Hall–Kier alpha value is -5.02. The molecule has 6 aromatic carbocycles. The van der Waals surface area contributed by atoms with Gasteiger partial charge in [0, 0.05) is 34.0 Å². The molecule has 2 nitrogen and oxygen atoms in total. The molecule has 0 atom stereocenters. The highest BCUT2D eigenvalue weighted by Crippen LogP contribution is 2.54.